The molecule has 0 unspecified atom stereocenters. The van der Waals surface area contributed by atoms with Crippen molar-refractivity contribution >= 4 is 11.6 Å². The van der Waals surface area contributed by atoms with Crippen LogP contribution in [0.1, 0.15) is 16.8 Å². The lowest BCUT2D eigenvalue weighted by Gasteiger charge is -2.25. The number of hydrogen-bond acceptors (Lipinski definition) is 4. The topological polar surface area (TPSA) is 54.2 Å². The molecule has 0 atom stereocenters. The Balaban J connectivity index is 1.58. The summed E-state index contributed by atoms with van der Waals surface area (Å²) in [6.45, 7) is 2.50. The van der Waals surface area contributed by atoms with E-state index in [-0.39, 0.29) is 5.88 Å². The fourth-order valence-corrected chi connectivity index (χ4v) is 3.17. The van der Waals surface area contributed by atoms with Crippen molar-refractivity contribution in [1.82, 2.24) is 19.7 Å². The summed E-state index contributed by atoms with van der Waals surface area (Å²) in [5.41, 5.74) is 3.10. The van der Waals surface area contributed by atoms with E-state index in [0.717, 1.165) is 37.3 Å². The van der Waals surface area contributed by atoms with Crippen molar-refractivity contribution in [2.45, 2.75) is 19.5 Å². The van der Waals surface area contributed by atoms with Crippen molar-refractivity contribution in [3.8, 4) is 11.7 Å². The summed E-state index contributed by atoms with van der Waals surface area (Å²) >= 11 is 5.87. The van der Waals surface area contributed by atoms with Crippen molar-refractivity contribution < 1.29 is 5.11 Å². The number of aromatic hydroxyl groups is 1. The molecule has 3 heterocycles. The van der Waals surface area contributed by atoms with Crippen LogP contribution in [0.15, 0.2) is 48.7 Å². The van der Waals surface area contributed by atoms with Gasteiger partial charge in [0, 0.05) is 31.4 Å². The standard InChI is InChI=1S/C18H17ClN4O/c19-14-6-7-17(20-10-14)23-18(24)15-8-9-22(12-16(15)21-23)11-13-4-2-1-3-5-13/h1-7,10,24H,8-9,11-12H2. The number of nitrogens with zero attached hydrogens (tertiary/aromatic N) is 4. The highest BCUT2D eigenvalue weighted by Gasteiger charge is 2.25. The zero-order valence-corrected chi connectivity index (χ0v) is 13.8. The first-order valence-corrected chi connectivity index (χ1v) is 8.26. The number of benzene rings is 1. The molecule has 0 amide bonds. The Labute approximate surface area is 145 Å². The SMILES string of the molecule is Oc1c2c(nn1-c1ccc(Cl)cn1)CN(Cc1ccccc1)CC2. The average molecular weight is 341 g/mol. The molecule has 0 saturated carbocycles. The fourth-order valence-electron chi connectivity index (χ4n) is 3.06. The molecular weight excluding hydrogens is 324 g/mol. The van der Waals surface area contributed by atoms with Gasteiger partial charge in [0.15, 0.2) is 5.82 Å². The van der Waals surface area contributed by atoms with Gasteiger partial charge < -0.3 is 5.11 Å². The molecule has 122 valence electrons. The van der Waals surface area contributed by atoms with Gasteiger partial charge in [0.25, 0.3) is 0 Å². The number of aromatic nitrogens is 3. The fraction of sp³-hybridized carbons (Fsp3) is 0.222. The van der Waals surface area contributed by atoms with Gasteiger partial charge in [-0.3, -0.25) is 4.90 Å². The molecule has 0 fully saturated rings. The molecule has 0 bridgehead atoms. The van der Waals surface area contributed by atoms with Crippen molar-refractivity contribution in [2.24, 2.45) is 0 Å². The molecule has 1 N–H and O–H groups in total. The molecule has 0 saturated heterocycles. The van der Waals surface area contributed by atoms with E-state index in [0.29, 0.717) is 10.8 Å². The summed E-state index contributed by atoms with van der Waals surface area (Å²) < 4.78 is 1.49. The molecule has 2 aromatic heterocycles. The third-order valence-corrected chi connectivity index (χ3v) is 4.49. The van der Waals surface area contributed by atoms with Crippen molar-refractivity contribution in [3.05, 3.63) is 70.5 Å². The number of hydrogen-bond donors (Lipinski definition) is 1. The van der Waals surface area contributed by atoms with Crippen LogP contribution in [-0.2, 0) is 19.5 Å². The Morgan fingerprint density at radius 2 is 1.96 bits per heavy atom. The number of halogens is 1. The molecule has 1 aliphatic heterocycles. The maximum Gasteiger partial charge on any atom is 0.219 e. The quantitative estimate of drug-likeness (QED) is 0.795. The van der Waals surface area contributed by atoms with Gasteiger partial charge in [-0.2, -0.15) is 9.78 Å². The Kier molecular flexibility index (Phi) is 3.96. The predicted molar refractivity (Wildman–Crippen MR) is 92.3 cm³/mol. The Morgan fingerprint density at radius 3 is 2.71 bits per heavy atom. The highest BCUT2D eigenvalue weighted by Crippen LogP contribution is 2.29. The Morgan fingerprint density at radius 1 is 1.12 bits per heavy atom. The van der Waals surface area contributed by atoms with Crippen LogP contribution in [0.5, 0.6) is 5.88 Å². The second kappa shape index (κ2) is 6.26. The lowest BCUT2D eigenvalue weighted by Crippen LogP contribution is -2.29. The van der Waals surface area contributed by atoms with E-state index in [2.05, 4.69) is 39.2 Å². The molecule has 24 heavy (non-hydrogen) atoms. The molecule has 3 aromatic rings. The van der Waals surface area contributed by atoms with Gasteiger partial charge in [0.1, 0.15) is 0 Å². The molecule has 6 heteroatoms. The molecule has 1 aliphatic rings. The smallest absolute Gasteiger partial charge is 0.219 e. The van der Waals surface area contributed by atoms with Gasteiger partial charge in [-0.05, 0) is 24.1 Å². The second-order valence-corrected chi connectivity index (χ2v) is 6.38. The lowest BCUT2D eigenvalue weighted by molar-refractivity contribution is 0.241. The predicted octanol–water partition coefficient (Wildman–Crippen LogP) is 3.18. The van der Waals surface area contributed by atoms with E-state index in [1.54, 1.807) is 18.3 Å². The summed E-state index contributed by atoms with van der Waals surface area (Å²) in [7, 11) is 0. The van der Waals surface area contributed by atoms with Crippen molar-refractivity contribution in [3.63, 3.8) is 0 Å². The van der Waals surface area contributed by atoms with E-state index in [1.165, 1.54) is 10.2 Å². The van der Waals surface area contributed by atoms with Gasteiger partial charge in [-0.15, -0.1) is 0 Å². The van der Waals surface area contributed by atoms with E-state index in [1.807, 2.05) is 6.07 Å². The summed E-state index contributed by atoms with van der Waals surface area (Å²) in [5.74, 6) is 0.750. The number of pyridine rings is 1. The van der Waals surface area contributed by atoms with Crippen LogP contribution >= 0.6 is 11.6 Å². The highest BCUT2D eigenvalue weighted by atomic mass is 35.5. The highest BCUT2D eigenvalue weighted by molar-refractivity contribution is 6.30. The third kappa shape index (κ3) is 2.88. The Bertz CT molecular complexity index is 845. The van der Waals surface area contributed by atoms with E-state index < -0.39 is 0 Å². The molecule has 0 aliphatic carbocycles. The van der Waals surface area contributed by atoms with E-state index >= 15 is 0 Å². The third-order valence-electron chi connectivity index (χ3n) is 4.27. The number of fused-ring (bicyclic) bond motifs is 1. The van der Waals surface area contributed by atoms with Crippen LogP contribution in [-0.4, -0.2) is 31.3 Å². The van der Waals surface area contributed by atoms with Crippen LogP contribution in [0.3, 0.4) is 0 Å². The van der Waals surface area contributed by atoms with Gasteiger partial charge >= 0.3 is 0 Å². The van der Waals surface area contributed by atoms with E-state index in [4.69, 9.17) is 11.6 Å². The van der Waals surface area contributed by atoms with Crippen molar-refractivity contribution in [2.75, 3.05) is 6.54 Å². The summed E-state index contributed by atoms with van der Waals surface area (Å²) in [4.78, 5) is 6.57. The van der Waals surface area contributed by atoms with Crippen molar-refractivity contribution in [1.29, 1.82) is 0 Å². The normalized spacial score (nSPS) is 14.5. The van der Waals surface area contributed by atoms with Crippen LogP contribution in [0, 0.1) is 0 Å². The lowest BCUT2D eigenvalue weighted by atomic mass is 10.1. The minimum Gasteiger partial charge on any atom is -0.493 e. The van der Waals surface area contributed by atoms with Crippen LogP contribution in [0.2, 0.25) is 5.02 Å². The first-order valence-electron chi connectivity index (χ1n) is 7.88. The number of rotatable bonds is 3. The molecule has 1 aromatic carbocycles. The maximum atomic E-state index is 10.5. The average Bonchev–Trinajstić information content (AvgIpc) is 2.93. The maximum absolute atomic E-state index is 10.5. The largest absolute Gasteiger partial charge is 0.493 e. The molecule has 0 spiro atoms. The second-order valence-electron chi connectivity index (χ2n) is 5.94. The van der Waals surface area contributed by atoms with Crippen LogP contribution in [0.4, 0.5) is 0 Å². The summed E-state index contributed by atoms with van der Waals surface area (Å²) in [6, 6.07) is 13.9. The molecule has 0 radical (unpaired) electrons. The minimum atomic E-state index is 0.180. The monoisotopic (exact) mass is 340 g/mol. The molecular formula is C18H17ClN4O. The molecule has 4 rings (SSSR count). The first kappa shape index (κ1) is 15.2. The first-order chi connectivity index (χ1) is 11.7. The Hall–Kier alpha value is -2.37. The summed E-state index contributed by atoms with van der Waals surface area (Å²) in [5, 5.41) is 15.6. The van der Waals surface area contributed by atoms with E-state index in [9.17, 15) is 5.11 Å². The van der Waals surface area contributed by atoms with Crippen LogP contribution < -0.4 is 0 Å². The van der Waals surface area contributed by atoms with Crippen LogP contribution in [0.25, 0.3) is 5.82 Å². The summed E-state index contributed by atoms with van der Waals surface area (Å²) in [6.07, 6.45) is 2.33. The van der Waals surface area contributed by atoms with Gasteiger partial charge in [0.05, 0.1) is 10.7 Å². The zero-order chi connectivity index (χ0) is 16.5. The van der Waals surface area contributed by atoms with Gasteiger partial charge in [-0.25, -0.2) is 4.98 Å². The minimum absolute atomic E-state index is 0.180. The van der Waals surface area contributed by atoms with Gasteiger partial charge in [0.2, 0.25) is 5.88 Å². The zero-order valence-electron chi connectivity index (χ0n) is 13.1. The molecule has 5 nitrogen and oxygen atoms in total. The van der Waals surface area contributed by atoms with Gasteiger partial charge in [-0.1, -0.05) is 41.9 Å².